The van der Waals surface area contributed by atoms with E-state index in [-0.39, 0.29) is 5.69 Å². The largest absolute Gasteiger partial charge is 0.319 e. The Morgan fingerprint density at radius 3 is 2.29 bits per heavy atom. The summed E-state index contributed by atoms with van der Waals surface area (Å²) < 4.78 is 2.77. The molecular weight excluding hydrogens is 476 g/mol. The minimum atomic E-state index is -0.515. The second kappa shape index (κ2) is 6.24. The van der Waals surface area contributed by atoms with Crippen molar-refractivity contribution >= 4 is 65.1 Å². The second-order valence-corrected chi connectivity index (χ2v) is 6.52. The number of nitro groups is 1. The third kappa shape index (κ3) is 3.33. The van der Waals surface area contributed by atoms with Crippen molar-refractivity contribution in [2.45, 2.75) is 0 Å². The highest BCUT2D eigenvalue weighted by Crippen LogP contribution is 2.35. The summed E-state index contributed by atoms with van der Waals surface area (Å²) in [6.45, 7) is 0. The van der Waals surface area contributed by atoms with Crippen molar-refractivity contribution in [2.75, 3.05) is 5.32 Å². The third-order valence-electron chi connectivity index (χ3n) is 2.59. The van der Waals surface area contributed by atoms with E-state index >= 15 is 0 Å². The van der Waals surface area contributed by atoms with Crippen molar-refractivity contribution in [3.63, 3.8) is 0 Å². The van der Waals surface area contributed by atoms with E-state index in [9.17, 15) is 14.9 Å². The van der Waals surface area contributed by atoms with Crippen molar-refractivity contribution in [2.24, 2.45) is 7.05 Å². The highest BCUT2D eigenvalue weighted by molar-refractivity contribution is 9.11. The van der Waals surface area contributed by atoms with Gasteiger partial charge in [-0.2, -0.15) is 5.10 Å². The maximum absolute atomic E-state index is 12.3. The van der Waals surface area contributed by atoms with Gasteiger partial charge in [0.25, 0.3) is 11.6 Å². The van der Waals surface area contributed by atoms with E-state index < -0.39 is 10.8 Å². The predicted molar refractivity (Wildman–Crippen MR) is 87.4 cm³/mol. The summed E-state index contributed by atoms with van der Waals surface area (Å²) in [5, 5.41) is 17.4. The lowest BCUT2D eigenvalue weighted by Crippen LogP contribution is -2.17. The first kappa shape index (κ1) is 16.1. The fraction of sp³-hybridized carbons (Fsp3) is 0.0909. The number of hydrogen-bond donors (Lipinski definition) is 1. The molecule has 0 saturated carbocycles. The Bertz CT molecular complexity index is 702. The lowest BCUT2D eigenvalue weighted by molar-refractivity contribution is -0.385. The summed E-state index contributed by atoms with van der Waals surface area (Å²) in [7, 11) is 1.64. The molecule has 10 heteroatoms. The van der Waals surface area contributed by atoms with E-state index in [1.165, 1.54) is 23.0 Å². The third-order valence-corrected chi connectivity index (χ3v) is 4.42. The van der Waals surface area contributed by atoms with Crippen LogP contribution < -0.4 is 5.32 Å². The standard InChI is InChI=1S/C11H7Br3N4O3/c1-17-10(8(14)4-15-17)11(19)16-9-6(12)2-5(18(20)21)3-7(9)13/h2-4H,1H3,(H,16,19). The number of aryl methyl sites for hydroxylation is 1. The number of nitrogens with one attached hydrogen (secondary N) is 1. The van der Waals surface area contributed by atoms with Gasteiger partial charge >= 0.3 is 0 Å². The van der Waals surface area contributed by atoms with Crippen LogP contribution in [0.1, 0.15) is 10.5 Å². The Hall–Kier alpha value is -1.26. The zero-order valence-corrected chi connectivity index (χ0v) is 15.2. The maximum Gasteiger partial charge on any atom is 0.275 e. The number of hydrogen-bond acceptors (Lipinski definition) is 4. The van der Waals surface area contributed by atoms with Gasteiger partial charge in [0.15, 0.2) is 0 Å². The van der Waals surface area contributed by atoms with Crippen molar-refractivity contribution < 1.29 is 9.72 Å². The van der Waals surface area contributed by atoms with Crippen LogP contribution in [0.2, 0.25) is 0 Å². The summed E-state index contributed by atoms with van der Waals surface area (Å²) >= 11 is 9.67. The van der Waals surface area contributed by atoms with Crippen molar-refractivity contribution in [1.82, 2.24) is 9.78 Å². The van der Waals surface area contributed by atoms with E-state index in [4.69, 9.17) is 0 Å². The SMILES string of the molecule is Cn1ncc(Br)c1C(=O)Nc1c(Br)cc([N+](=O)[O-])cc1Br. The lowest BCUT2D eigenvalue weighted by atomic mass is 10.2. The molecule has 1 aromatic heterocycles. The Morgan fingerprint density at radius 1 is 1.29 bits per heavy atom. The lowest BCUT2D eigenvalue weighted by Gasteiger charge is -2.10. The molecule has 0 aliphatic carbocycles. The molecule has 1 N–H and O–H groups in total. The van der Waals surface area contributed by atoms with Crippen LogP contribution in [0.5, 0.6) is 0 Å². The average Bonchev–Trinajstić information content (AvgIpc) is 2.73. The molecule has 0 saturated heterocycles. The van der Waals surface area contributed by atoms with Crippen LogP contribution in [0, 0.1) is 10.1 Å². The number of nitro benzene ring substituents is 1. The number of carbonyl (C=O) groups excluding carboxylic acids is 1. The normalized spacial score (nSPS) is 10.5. The Balaban J connectivity index is 2.36. The minimum absolute atomic E-state index is 0.0894. The summed E-state index contributed by atoms with van der Waals surface area (Å²) in [6.07, 6.45) is 1.51. The Kier molecular flexibility index (Phi) is 4.79. The number of rotatable bonds is 3. The van der Waals surface area contributed by atoms with E-state index in [0.29, 0.717) is 24.8 Å². The predicted octanol–water partition coefficient (Wildman–Crippen LogP) is 3.87. The van der Waals surface area contributed by atoms with Gasteiger partial charge in [0.05, 0.1) is 21.3 Å². The molecule has 7 nitrogen and oxygen atoms in total. The number of carbonyl (C=O) groups is 1. The van der Waals surface area contributed by atoms with Crippen molar-refractivity contribution in [3.8, 4) is 0 Å². The van der Waals surface area contributed by atoms with Crippen molar-refractivity contribution in [1.29, 1.82) is 0 Å². The fourth-order valence-corrected chi connectivity index (χ4v) is 3.51. The van der Waals surface area contributed by atoms with E-state index in [2.05, 4.69) is 58.2 Å². The van der Waals surface area contributed by atoms with Crippen molar-refractivity contribution in [3.05, 3.63) is 47.6 Å². The average molecular weight is 483 g/mol. The van der Waals surface area contributed by atoms with Crippen LogP contribution in [0.25, 0.3) is 0 Å². The van der Waals surface area contributed by atoms with Gasteiger partial charge in [0.2, 0.25) is 0 Å². The van der Waals surface area contributed by atoms with Gasteiger partial charge in [0.1, 0.15) is 5.69 Å². The quantitative estimate of drug-likeness (QED) is 0.531. The molecule has 2 rings (SSSR count). The summed E-state index contributed by atoms with van der Waals surface area (Å²) in [4.78, 5) is 22.5. The first-order valence-corrected chi connectivity index (χ1v) is 7.81. The number of benzene rings is 1. The molecule has 1 heterocycles. The number of non-ortho nitro benzene ring substituents is 1. The van der Waals surface area contributed by atoms with Crippen LogP contribution in [0.3, 0.4) is 0 Å². The van der Waals surface area contributed by atoms with E-state index in [0.717, 1.165) is 0 Å². The number of anilines is 1. The first-order valence-electron chi connectivity index (χ1n) is 5.43. The molecular formula is C11H7Br3N4O3. The van der Waals surface area contributed by atoms with Gasteiger partial charge in [-0.25, -0.2) is 0 Å². The molecule has 0 bridgehead atoms. The van der Waals surface area contributed by atoms with E-state index in [1.54, 1.807) is 7.05 Å². The van der Waals surface area contributed by atoms with Crippen LogP contribution in [0.15, 0.2) is 31.7 Å². The Labute approximate surface area is 144 Å². The van der Waals surface area contributed by atoms with Crippen LogP contribution >= 0.6 is 47.8 Å². The molecule has 2 aromatic rings. The molecule has 21 heavy (non-hydrogen) atoms. The number of halogens is 3. The number of nitrogens with zero attached hydrogens (tertiary/aromatic N) is 3. The molecule has 0 atom stereocenters. The Morgan fingerprint density at radius 2 is 1.86 bits per heavy atom. The maximum atomic E-state index is 12.3. The summed E-state index contributed by atoms with van der Waals surface area (Å²) in [5.74, 6) is -0.392. The molecule has 0 radical (unpaired) electrons. The molecule has 0 spiro atoms. The highest BCUT2D eigenvalue weighted by atomic mass is 79.9. The van der Waals surface area contributed by atoms with Gasteiger partial charge in [-0.3, -0.25) is 19.6 Å². The molecule has 0 fully saturated rings. The number of aromatic nitrogens is 2. The van der Waals surface area contributed by atoms with Gasteiger partial charge in [-0.1, -0.05) is 0 Å². The topological polar surface area (TPSA) is 90.1 Å². The van der Waals surface area contributed by atoms with Gasteiger partial charge in [0, 0.05) is 28.1 Å². The minimum Gasteiger partial charge on any atom is -0.319 e. The molecule has 1 amide bonds. The zero-order chi connectivity index (χ0) is 15.7. The molecule has 0 aliphatic heterocycles. The smallest absolute Gasteiger partial charge is 0.275 e. The van der Waals surface area contributed by atoms with Gasteiger partial charge in [-0.15, -0.1) is 0 Å². The van der Waals surface area contributed by atoms with Crippen LogP contribution in [0.4, 0.5) is 11.4 Å². The fourth-order valence-electron chi connectivity index (χ4n) is 1.62. The first-order chi connectivity index (χ1) is 9.81. The monoisotopic (exact) mass is 480 g/mol. The molecule has 0 aliphatic rings. The van der Waals surface area contributed by atoms with Gasteiger partial charge < -0.3 is 5.32 Å². The summed E-state index contributed by atoms with van der Waals surface area (Å²) in [5.41, 5.74) is 0.652. The molecule has 110 valence electrons. The van der Waals surface area contributed by atoms with E-state index in [1.807, 2.05) is 0 Å². The van der Waals surface area contributed by atoms with Crippen LogP contribution in [-0.2, 0) is 7.05 Å². The summed E-state index contributed by atoms with van der Waals surface area (Å²) in [6, 6.07) is 2.64. The highest BCUT2D eigenvalue weighted by Gasteiger charge is 2.20. The second-order valence-electron chi connectivity index (χ2n) is 3.96. The van der Waals surface area contributed by atoms with Gasteiger partial charge in [-0.05, 0) is 47.8 Å². The molecule has 0 unspecified atom stereocenters. The number of amides is 1. The molecule has 1 aromatic carbocycles. The van der Waals surface area contributed by atoms with Crippen LogP contribution in [-0.4, -0.2) is 20.6 Å². The zero-order valence-electron chi connectivity index (χ0n) is 10.4.